The summed E-state index contributed by atoms with van der Waals surface area (Å²) in [6, 6.07) is 5.07. The molecule has 1 N–H and O–H groups in total. The average Bonchev–Trinajstić information content (AvgIpc) is 2.87. The highest BCUT2D eigenvalue weighted by Gasteiger charge is 2.38. The number of nitrogens with zero attached hydrogens (tertiary/aromatic N) is 1. The molecule has 1 aliphatic rings. The van der Waals surface area contributed by atoms with E-state index in [0.29, 0.717) is 5.69 Å². The van der Waals surface area contributed by atoms with E-state index >= 15 is 0 Å². The highest BCUT2D eigenvalue weighted by molar-refractivity contribution is 9.10. The van der Waals surface area contributed by atoms with Crippen LogP contribution < -0.4 is 5.32 Å². The van der Waals surface area contributed by atoms with Crippen molar-refractivity contribution in [2.45, 2.75) is 25.3 Å². The first-order valence-electron chi connectivity index (χ1n) is 4.72. The van der Waals surface area contributed by atoms with Gasteiger partial charge in [0, 0.05) is 16.1 Å². The van der Waals surface area contributed by atoms with Gasteiger partial charge in [0.1, 0.15) is 5.69 Å². The lowest BCUT2D eigenvalue weighted by atomic mass is 10.2. The number of nitrogens with one attached hydrogen (secondary N) is 1. The topological polar surface area (TPSA) is 55.2 Å². The molecule has 0 aliphatic heterocycles. The second kappa shape index (κ2) is 3.48. The summed E-state index contributed by atoms with van der Waals surface area (Å²) in [4.78, 5) is 10.5. The van der Waals surface area contributed by atoms with Gasteiger partial charge < -0.3 is 5.32 Å². The van der Waals surface area contributed by atoms with E-state index in [9.17, 15) is 10.1 Å². The molecule has 1 fully saturated rings. The Hall–Kier alpha value is -1.10. The minimum atomic E-state index is -0.362. The van der Waals surface area contributed by atoms with Crippen LogP contribution in [0.2, 0.25) is 0 Å². The molecule has 1 saturated carbocycles. The summed E-state index contributed by atoms with van der Waals surface area (Å²) >= 11 is 3.23. The lowest BCUT2D eigenvalue weighted by molar-refractivity contribution is -0.384. The molecule has 0 saturated heterocycles. The van der Waals surface area contributed by atoms with E-state index in [0.717, 1.165) is 17.3 Å². The standard InChI is InChI=1S/C10H11BrN2O2/c1-10(4-5-10)12-8-3-2-7(11)6-9(8)13(14)15/h2-3,6,12H,4-5H2,1H3. The Balaban J connectivity index is 2.32. The number of anilines is 1. The molecule has 0 heterocycles. The lowest BCUT2D eigenvalue weighted by Crippen LogP contribution is -2.16. The Morgan fingerprint density at radius 3 is 2.73 bits per heavy atom. The average molecular weight is 271 g/mol. The van der Waals surface area contributed by atoms with Gasteiger partial charge in [-0.15, -0.1) is 0 Å². The van der Waals surface area contributed by atoms with E-state index in [4.69, 9.17) is 0 Å². The van der Waals surface area contributed by atoms with Gasteiger partial charge in [0.25, 0.3) is 5.69 Å². The van der Waals surface area contributed by atoms with E-state index in [1.54, 1.807) is 12.1 Å². The molecule has 0 bridgehead atoms. The van der Waals surface area contributed by atoms with Crippen LogP contribution in [-0.4, -0.2) is 10.5 Å². The Labute approximate surface area is 96.0 Å². The first-order chi connectivity index (χ1) is 7.00. The van der Waals surface area contributed by atoms with Gasteiger partial charge in [-0.05, 0) is 31.9 Å². The highest BCUT2D eigenvalue weighted by Crippen LogP contribution is 2.40. The molecular weight excluding hydrogens is 260 g/mol. The number of halogens is 1. The molecule has 0 spiro atoms. The van der Waals surface area contributed by atoms with E-state index < -0.39 is 0 Å². The van der Waals surface area contributed by atoms with Gasteiger partial charge in [0.2, 0.25) is 0 Å². The summed E-state index contributed by atoms with van der Waals surface area (Å²) in [5.74, 6) is 0. The van der Waals surface area contributed by atoms with Gasteiger partial charge in [-0.2, -0.15) is 0 Å². The van der Waals surface area contributed by atoms with Crippen molar-refractivity contribution < 1.29 is 4.92 Å². The van der Waals surface area contributed by atoms with E-state index in [1.165, 1.54) is 6.07 Å². The van der Waals surface area contributed by atoms with Crippen LogP contribution in [0.15, 0.2) is 22.7 Å². The number of hydrogen-bond donors (Lipinski definition) is 1. The maximum absolute atomic E-state index is 10.8. The molecular formula is C10H11BrN2O2. The number of nitro groups is 1. The van der Waals surface area contributed by atoms with Crippen LogP contribution in [-0.2, 0) is 0 Å². The van der Waals surface area contributed by atoms with Crippen molar-refractivity contribution >= 4 is 27.3 Å². The van der Waals surface area contributed by atoms with Crippen LogP contribution in [0.25, 0.3) is 0 Å². The summed E-state index contributed by atoms with van der Waals surface area (Å²) in [6.07, 6.45) is 2.14. The van der Waals surface area contributed by atoms with Gasteiger partial charge in [0.05, 0.1) is 4.92 Å². The van der Waals surface area contributed by atoms with Gasteiger partial charge in [-0.3, -0.25) is 10.1 Å². The van der Waals surface area contributed by atoms with Crippen molar-refractivity contribution in [3.63, 3.8) is 0 Å². The molecule has 1 aromatic carbocycles. The molecule has 1 aliphatic carbocycles. The first-order valence-corrected chi connectivity index (χ1v) is 5.52. The number of rotatable bonds is 3. The summed E-state index contributed by atoms with van der Waals surface area (Å²) < 4.78 is 0.723. The van der Waals surface area contributed by atoms with Crippen molar-refractivity contribution in [2.75, 3.05) is 5.32 Å². The van der Waals surface area contributed by atoms with Crippen molar-refractivity contribution in [1.82, 2.24) is 0 Å². The molecule has 0 aromatic heterocycles. The van der Waals surface area contributed by atoms with E-state index in [-0.39, 0.29) is 16.1 Å². The number of benzene rings is 1. The Morgan fingerprint density at radius 2 is 2.20 bits per heavy atom. The zero-order valence-corrected chi connectivity index (χ0v) is 9.87. The largest absolute Gasteiger partial charge is 0.374 e. The summed E-state index contributed by atoms with van der Waals surface area (Å²) in [5.41, 5.74) is 0.777. The normalized spacial score (nSPS) is 17.2. The fraction of sp³-hybridized carbons (Fsp3) is 0.400. The van der Waals surface area contributed by atoms with Crippen LogP contribution in [0.5, 0.6) is 0 Å². The van der Waals surface area contributed by atoms with Crippen molar-refractivity contribution in [3.05, 3.63) is 32.8 Å². The zero-order valence-electron chi connectivity index (χ0n) is 8.29. The quantitative estimate of drug-likeness (QED) is 0.677. The molecule has 0 unspecified atom stereocenters. The van der Waals surface area contributed by atoms with Crippen molar-refractivity contribution in [2.24, 2.45) is 0 Å². The third-order valence-corrected chi connectivity index (χ3v) is 3.09. The van der Waals surface area contributed by atoms with Gasteiger partial charge >= 0.3 is 0 Å². The smallest absolute Gasteiger partial charge is 0.293 e. The maximum atomic E-state index is 10.8. The molecule has 0 amide bonds. The summed E-state index contributed by atoms with van der Waals surface area (Å²) in [5, 5.41) is 14.0. The molecule has 15 heavy (non-hydrogen) atoms. The molecule has 1 aromatic rings. The third kappa shape index (κ3) is 2.28. The summed E-state index contributed by atoms with van der Waals surface area (Å²) in [6.45, 7) is 2.07. The first kappa shape index (κ1) is 10.4. The minimum Gasteiger partial charge on any atom is -0.374 e. The number of nitro benzene ring substituents is 1. The van der Waals surface area contributed by atoms with Gasteiger partial charge in [-0.25, -0.2) is 0 Å². The second-order valence-electron chi connectivity index (χ2n) is 4.10. The molecule has 2 rings (SSSR count). The van der Waals surface area contributed by atoms with E-state index in [2.05, 4.69) is 28.2 Å². The lowest BCUT2D eigenvalue weighted by Gasteiger charge is -2.13. The van der Waals surface area contributed by atoms with Crippen LogP contribution in [0, 0.1) is 10.1 Å². The molecule has 0 atom stereocenters. The van der Waals surface area contributed by atoms with Gasteiger partial charge in [-0.1, -0.05) is 15.9 Å². The number of hydrogen-bond acceptors (Lipinski definition) is 3. The van der Waals surface area contributed by atoms with Gasteiger partial charge in [0.15, 0.2) is 0 Å². The SMILES string of the molecule is CC1(Nc2ccc(Br)cc2[N+](=O)[O-])CC1. The Bertz CT molecular complexity index is 416. The monoisotopic (exact) mass is 270 g/mol. The van der Waals surface area contributed by atoms with Crippen molar-refractivity contribution in [3.8, 4) is 0 Å². The van der Waals surface area contributed by atoms with E-state index in [1.807, 2.05) is 0 Å². The van der Waals surface area contributed by atoms with Crippen molar-refractivity contribution in [1.29, 1.82) is 0 Å². The fourth-order valence-corrected chi connectivity index (χ4v) is 1.75. The minimum absolute atomic E-state index is 0.0542. The maximum Gasteiger partial charge on any atom is 0.293 e. The highest BCUT2D eigenvalue weighted by atomic mass is 79.9. The summed E-state index contributed by atoms with van der Waals surface area (Å²) in [7, 11) is 0. The second-order valence-corrected chi connectivity index (χ2v) is 5.02. The van der Waals surface area contributed by atoms with Crippen LogP contribution in [0.4, 0.5) is 11.4 Å². The predicted molar refractivity (Wildman–Crippen MR) is 62.1 cm³/mol. The fourth-order valence-electron chi connectivity index (χ4n) is 1.40. The Kier molecular flexibility index (Phi) is 2.42. The molecule has 5 heteroatoms. The van der Waals surface area contributed by atoms with Crippen LogP contribution in [0.1, 0.15) is 19.8 Å². The molecule has 80 valence electrons. The predicted octanol–water partition coefficient (Wildman–Crippen LogP) is 3.32. The molecule has 4 nitrogen and oxygen atoms in total. The Morgan fingerprint density at radius 1 is 1.53 bits per heavy atom. The zero-order chi connectivity index (χ0) is 11.1. The van der Waals surface area contributed by atoms with Crippen LogP contribution >= 0.6 is 15.9 Å². The third-order valence-electron chi connectivity index (χ3n) is 2.59. The van der Waals surface area contributed by atoms with Crippen LogP contribution in [0.3, 0.4) is 0 Å². The molecule has 0 radical (unpaired) electrons.